The summed E-state index contributed by atoms with van der Waals surface area (Å²) < 4.78 is 14.3. The Morgan fingerprint density at radius 2 is 2.12 bits per heavy atom. The molecule has 0 atom stereocenters. The van der Waals surface area contributed by atoms with E-state index in [2.05, 4.69) is 15.9 Å². The van der Waals surface area contributed by atoms with Crippen LogP contribution in [0.2, 0.25) is 4.34 Å². The second-order valence-electron chi connectivity index (χ2n) is 3.43. The van der Waals surface area contributed by atoms with E-state index in [9.17, 15) is 9.18 Å². The van der Waals surface area contributed by atoms with E-state index in [-0.39, 0.29) is 12.2 Å². The molecule has 1 aromatic heterocycles. The van der Waals surface area contributed by atoms with E-state index in [1.165, 1.54) is 23.5 Å². The lowest BCUT2D eigenvalue weighted by Crippen LogP contribution is -2.02. The van der Waals surface area contributed by atoms with Crippen molar-refractivity contribution in [3.05, 3.63) is 55.4 Å². The largest absolute Gasteiger partial charge is 0.294 e. The third-order valence-corrected chi connectivity index (χ3v) is 4.08. The first kappa shape index (κ1) is 12.7. The Balaban J connectivity index is 2.17. The molecule has 0 unspecified atom stereocenters. The van der Waals surface area contributed by atoms with Crippen LogP contribution in [-0.4, -0.2) is 5.78 Å². The van der Waals surface area contributed by atoms with Crippen LogP contribution in [0.3, 0.4) is 0 Å². The van der Waals surface area contributed by atoms with Crippen molar-refractivity contribution >= 4 is 44.7 Å². The van der Waals surface area contributed by atoms with Gasteiger partial charge in [0.1, 0.15) is 5.82 Å². The van der Waals surface area contributed by atoms with E-state index in [0.29, 0.717) is 14.4 Å². The van der Waals surface area contributed by atoms with Gasteiger partial charge in [0, 0.05) is 16.9 Å². The minimum atomic E-state index is -0.430. The van der Waals surface area contributed by atoms with Crippen LogP contribution < -0.4 is 0 Å². The molecule has 0 aliphatic rings. The first-order valence-electron chi connectivity index (χ1n) is 4.79. The number of carbonyl (C=O) groups is 1. The zero-order valence-electron chi connectivity index (χ0n) is 8.54. The molecule has 1 aromatic carbocycles. The van der Waals surface area contributed by atoms with Crippen LogP contribution in [0.15, 0.2) is 34.8 Å². The van der Waals surface area contributed by atoms with E-state index in [0.717, 1.165) is 4.88 Å². The smallest absolute Gasteiger partial charge is 0.168 e. The summed E-state index contributed by atoms with van der Waals surface area (Å²) in [5.74, 6) is -0.546. The molecular formula is C12H7BrClFOS. The highest BCUT2D eigenvalue weighted by molar-refractivity contribution is 9.10. The molecule has 1 nitrogen and oxygen atoms in total. The summed E-state index contributed by atoms with van der Waals surface area (Å²) in [4.78, 5) is 12.7. The van der Waals surface area contributed by atoms with E-state index < -0.39 is 5.82 Å². The number of halogens is 3. The maximum atomic E-state index is 13.3. The molecule has 2 aromatic rings. The zero-order valence-corrected chi connectivity index (χ0v) is 11.7. The lowest BCUT2D eigenvalue weighted by Gasteiger charge is -2.00. The highest BCUT2D eigenvalue weighted by Crippen LogP contribution is 2.23. The molecule has 0 fully saturated rings. The average Bonchev–Trinajstić information content (AvgIpc) is 2.68. The molecule has 0 saturated heterocycles. The molecule has 0 saturated carbocycles. The molecular weight excluding hydrogens is 327 g/mol. The Morgan fingerprint density at radius 3 is 2.71 bits per heavy atom. The fourth-order valence-electron chi connectivity index (χ4n) is 1.38. The Kier molecular flexibility index (Phi) is 3.97. The minimum absolute atomic E-state index is 0.116. The molecule has 0 radical (unpaired) electrons. The zero-order chi connectivity index (χ0) is 12.4. The van der Waals surface area contributed by atoms with Gasteiger partial charge in [0.25, 0.3) is 0 Å². The molecule has 0 aliphatic heterocycles. The van der Waals surface area contributed by atoms with Gasteiger partial charge < -0.3 is 0 Å². The van der Waals surface area contributed by atoms with E-state index in [4.69, 9.17) is 11.6 Å². The molecule has 0 spiro atoms. The molecule has 1 heterocycles. The number of hydrogen-bond acceptors (Lipinski definition) is 2. The standard InChI is InChI=1S/C12H7BrClFOS/c13-9-3-1-7(5-10(9)15)11(16)6-8-2-4-12(14)17-8/h1-5H,6H2. The topological polar surface area (TPSA) is 17.1 Å². The lowest BCUT2D eigenvalue weighted by atomic mass is 10.1. The lowest BCUT2D eigenvalue weighted by molar-refractivity contribution is 0.0993. The van der Waals surface area contributed by atoms with Crippen LogP contribution in [-0.2, 0) is 6.42 Å². The summed E-state index contributed by atoms with van der Waals surface area (Å²) in [5.41, 5.74) is 0.371. The first-order chi connectivity index (χ1) is 8.06. The third kappa shape index (κ3) is 3.15. The monoisotopic (exact) mass is 332 g/mol. The van der Waals surface area contributed by atoms with Crippen LogP contribution in [0.25, 0.3) is 0 Å². The van der Waals surface area contributed by atoms with Crippen LogP contribution in [0.4, 0.5) is 4.39 Å². The average molecular weight is 334 g/mol. The fourth-order valence-corrected chi connectivity index (χ4v) is 2.71. The number of thiophene rings is 1. The maximum absolute atomic E-state index is 13.3. The number of hydrogen-bond donors (Lipinski definition) is 0. The SMILES string of the molecule is O=C(Cc1ccc(Cl)s1)c1ccc(Br)c(F)c1. The summed E-state index contributed by atoms with van der Waals surface area (Å²) in [5, 5.41) is 0. The molecule has 88 valence electrons. The normalized spacial score (nSPS) is 10.5. The fraction of sp³-hybridized carbons (Fsp3) is 0.0833. The molecule has 0 aliphatic carbocycles. The van der Waals surface area contributed by atoms with Gasteiger partial charge in [-0.15, -0.1) is 11.3 Å². The summed E-state index contributed by atoms with van der Waals surface area (Å²) in [6, 6.07) is 7.92. The van der Waals surface area contributed by atoms with Crippen molar-refractivity contribution in [2.75, 3.05) is 0 Å². The van der Waals surface area contributed by atoms with Gasteiger partial charge in [-0.2, -0.15) is 0 Å². The van der Waals surface area contributed by atoms with Gasteiger partial charge in [-0.25, -0.2) is 4.39 Å². The third-order valence-electron chi connectivity index (χ3n) is 2.21. The second kappa shape index (κ2) is 5.29. The summed E-state index contributed by atoms with van der Waals surface area (Å²) in [6.07, 6.45) is 0.248. The number of Topliss-reactive ketones (excluding diaryl/α,β-unsaturated/α-hetero) is 1. The van der Waals surface area contributed by atoms with E-state index in [1.807, 2.05) is 0 Å². The van der Waals surface area contributed by atoms with E-state index in [1.54, 1.807) is 18.2 Å². The van der Waals surface area contributed by atoms with Crippen molar-refractivity contribution in [2.45, 2.75) is 6.42 Å². The quantitative estimate of drug-likeness (QED) is 0.742. The Hall–Kier alpha value is -0.710. The molecule has 0 amide bonds. The van der Waals surface area contributed by atoms with Crippen molar-refractivity contribution < 1.29 is 9.18 Å². The van der Waals surface area contributed by atoms with Gasteiger partial charge in [0.05, 0.1) is 8.81 Å². The van der Waals surface area contributed by atoms with Gasteiger partial charge in [0.2, 0.25) is 0 Å². The predicted molar refractivity (Wildman–Crippen MR) is 71.5 cm³/mol. The van der Waals surface area contributed by atoms with Crippen LogP contribution >= 0.6 is 38.9 Å². The van der Waals surface area contributed by atoms with Gasteiger partial charge in [-0.05, 0) is 40.2 Å². The number of ketones is 1. The molecule has 5 heteroatoms. The first-order valence-corrected chi connectivity index (χ1v) is 6.77. The molecule has 2 rings (SSSR count). The number of benzene rings is 1. The summed E-state index contributed by atoms with van der Waals surface area (Å²) >= 11 is 10.2. The Bertz CT molecular complexity index is 567. The highest BCUT2D eigenvalue weighted by atomic mass is 79.9. The van der Waals surface area contributed by atoms with Gasteiger partial charge in [0.15, 0.2) is 5.78 Å². The summed E-state index contributed by atoms with van der Waals surface area (Å²) in [6.45, 7) is 0. The number of rotatable bonds is 3. The van der Waals surface area contributed by atoms with Gasteiger partial charge >= 0.3 is 0 Å². The Labute approximate surface area is 115 Å². The maximum Gasteiger partial charge on any atom is 0.168 e. The minimum Gasteiger partial charge on any atom is -0.294 e. The molecule has 0 N–H and O–H groups in total. The highest BCUT2D eigenvalue weighted by Gasteiger charge is 2.10. The molecule has 0 bridgehead atoms. The second-order valence-corrected chi connectivity index (χ2v) is 6.09. The predicted octanol–water partition coefficient (Wildman–Crippen LogP) is 4.73. The number of carbonyl (C=O) groups excluding carboxylic acids is 1. The van der Waals surface area contributed by atoms with Crippen molar-refractivity contribution in [3.63, 3.8) is 0 Å². The van der Waals surface area contributed by atoms with E-state index >= 15 is 0 Å². The van der Waals surface area contributed by atoms with Crippen molar-refractivity contribution in [3.8, 4) is 0 Å². The Morgan fingerprint density at radius 1 is 1.35 bits per heavy atom. The van der Waals surface area contributed by atoms with Crippen LogP contribution in [0, 0.1) is 5.82 Å². The molecule has 17 heavy (non-hydrogen) atoms. The van der Waals surface area contributed by atoms with Gasteiger partial charge in [-0.1, -0.05) is 17.7 Å². The van der Waals surface area contributed by atoms with Crippen molar-refractivity contribution in [2.24, 2.45) is 0 Å². The van der Waals surface area contributed by atoms with Crippen LogP contribution in [0.5, 0.6) is 0 Å². The van der Waals surface area contributed by atoms with Crippen molar-refractivity contribution in [1.82, 2.24) is 0 Å². The van der Waals surface area contributed by atoms with Crippen molar-refractivity contribution in [1.29, 1.82) is 0 Å². The van der Waals surface area contributed by atoms with Gasteiger partial charge in [-0.3, -0.25) is 4.79 Å². The van der Waals surface area contributed by atoms with Crippen LogP contribution in [0.1, 0.15) is 15.2 Å². The summed E-state index contributed by atoms with van der Waals surface area (Å²) in [7, 11) is 0.